The Bertz CT molecular complexity index is 1170. The topological polar surface area (TPSA) is 15.3 Å². The normalized spacial score (nSPS) is 21.7. The second-order valence-corrected chi connectivity index (χ2v) is 9.33. The molecule has 0 radical (unpaired) electrons. The molecule has 2 nitrogen and oxygen atoms in total. The summed E-state index contributed by atoms with van der Waals surface area (Å²) >= 11 is 0. The predicted molar refractivity (Wildman–Crippen MR) is 132 cm³/mol. The molecule has 0 saturated heterocycles. The largest absolute Gasteiger partial charge is 0.310 e. The van der Waals surface area contributed by atoms with E-state index in [1.165, 1.54) is 58.4 Å². The summed E-state index contributed by atoms with van der Waals surface area (Å²) in [5.74, 6) is 0. The third-order valence-electron chi connectivity index (χ3n) is 7.34. The zero-order valence-corrected chi connectivity index (χ0v) is 18.6. The Morgan fingerprint density at radius 2 is 1.35 bits per heavy atom. The van der Waals surface area contributed by atoms with Gasteiger partial charge in [0.2, 0.25) is 0 Å². The monoisotopic (exact) mass is 408 g/mol. The smallest absolute Gasteiger partial charge is 0.0455 e. The molecule has 1 fully saturated rings. The molecule has 0 amide bonds. The van der Waals surface area contributed by atoms with Crippen molar-refractivity contribution in [2.24, 2.45) is 0 Å². The summed E-state index contributed by atoms with van der Waals surface area (Å²) in [5.41, 5.74) is 3.00. The fourth-order valence-corrected chi connectivity index (χ4v) is 5.40. The first-order valence-corrected chi connectivity index (χ1v) is 11.5. The lowest BCUT2D eigenvalue weighted by molar-refractivity contribution is 0.0853. The highest BCUT2D eigenvalue weighted by atomic mass is 15.1. The summed E-state index contributed by atoms with van der Waals surface area (Å²) in [5, 5.41) is 9.12. The van der Waals surface area contributed by atoms with E-state index < -0.39 is 0 Å². The summed E-state index contributed by atoms with van der Waals surface area (Å²) < 4.78 is 0. The minimum Gasteiger partial charge on any atom is -0.310 e. The van der Waals surface area contributed by atoms with Crippen molar-refractivity contribution >= 4 is 21.5 Å². The van der Waals surface area contributed by atoms with Crippen LogP contribution in [0.4, 0.5) is 0 Å². The first-order valence-electron chi connectivity index (χ1n) is 11.5. The van der Waals surface area contributed by atoms with Crippen LogP contribution < -0.4 is 5.32 Å². The van der Waals surface area contributed by atoms with Crippen LogP contribution in [0.1, 0.15) is 36.8 Å². The molecule has 0 spiro atoms. The number of nitrogens with zero attached hydrogens (tertiary/aromatic N) is 1. The van der Waals surface area contributed by atoms with E-state index in [0.717, 1.165) is 6.54 Å². The van der Waals surface area contributed by atoms with Gasteiger partial charge in [-0.3, -0.25) is 4.90 Å². The average molecular weight is 409 g/mol. The Morgan fingerprint density at radius 3 is 2.03 bits per heavy atom. The zero-order chi connectivity index (χ0) is 21.3. The van der Waals surface area contributed by atoms with E-state index in [9.17, 15) is 0 Å². The van der Waals surface area contributed by atoms with Gasteiger partial charge in [-0.2, -0.15) is 0 Å². The Kier molecular flexibility index (Phi) is 5.52. The minimum absolute atomic E-state index is 0.170. The molecule has 4 aromatic rings. The summed E-state index contributed by atoms with van der Waals surface area (Å²) in [4.78, 5) is 2.44. The van der Waals surface area contributed by atoms with Gasteiger partial charge in [0.1, 0.15) is 0 Å². The van der Waals surface area contributed by atoms with Gasteiger partial charge in [0.05, 0.1) is 0 Å². The molecule has 1 aliphatic carbocycles. The van der Waals surface area contributed by atoms with Crippen LogP contribution in [0.25, 0.3) is 21.5 Å². The maximum atomic E-state index is 3.85. The van der Waals surface area contributed by atoms with E-state index in [2.05, 4.69) is 109 Å². The van der Waals surface area contributed by atoms with E-state index in [4.69, 9.17) is 0 Å². The van der Waals surface area contributed by atoms with Crippen LogP contribution in [0.5, 0.6) is 0 Å². The molecule has 2 heteroatoms. The maximum Gasteiger partial charge on any atom is 0.0455 e. The average Bonchev–Trinajstić information content (AvgIpc) is 2.82. The van der Waals surface area contributed by atoms with Crippen molar-refractivity contribution in [3.05, 3.63) is 96.1 Å². The third kappa shape index (κ3) is 3.98. The van der Waals surface area contributed by atoms with Crippen molar-refractivity contribution in [1.29, 1.82) is 0 Å². The summed E-state index contributed by atoms with van der Waals surface area (Å²) in [6.45, 7) is 0.938. The van der Waals surface area contributed by atoms with E-state index in [1.807, 2.05) is 0 Å². The minimum atomic E-state index is 0.170. The second-order valence-electron chi connectivity index (χ2n) is 9.33. The van der Waals surface area contributed by atoms with E-state index in [-0.39, 0.29) is 5.54 Å². The number of nitrogens with one attached hydrogen (secondary N) is 1. The number of rotatable bonds is 5. The van der Waals surface area contributed by atoms with Crippen LogP contribution >= 0.6 is 0 Å². The molecule has 0 unspecified atom stereocenters. The SMILES string of the molecule is CN(C)C1(c2ccccc2)CCC(NCc2ccc3cc4ccccc4cc3c2)CC1. The van der Waals surface area contributed by atoms with Gasteiger partial charge in [0.15, 0.2) is 0 Å². The fraction of sp³-hybridized carbons (Fsp3) is 0.310. The van der Waals surface area contributed by atoms with Gasteiger partial charge in [-0.1, -0.05) is 66.7 Å². The molecule has 0 aromatic heterocycles. The first-order chi connectivity index (χ1) is 15.1. The number of fused-ring (bicyclic) bond motifs is 2. The lowest BCUT2D eigenvalue weighted by Gasteiger charge is -2.45. The highest BCUT2D eigenvalue weighted by Gasteiger charge is 2.38. The van der Waals surface area contributed by atoms with Gasteiger partial charge in [0, 0.05) is 18.1 Å². The van der Waals surface area contributed by atoms with Gasteiger partial charge in [-0.25, -0.2) is 0 Å². The molecule has 1 N–H and O–H groups in total. The third-order valence-corrected chi connectivity index (χ3v) is 7.34. The molecule has 31 heavy (non-hydrogen) atoms. The van der Waals surface area contributed by atoms with Crippen molar-refractivity contribution in [1.82, 2.24) is 10.2 Å². The van der Waals surface area contributed by atoms with Gasteiger partial charge >= 0.3 is 0 Å². The number of benzene rings is 4. The molecule has 0 aliphatic heterocycles. The van der Waals surface area contributed by atoms with Gasteiger partial charge < -0.3 is 5.32 Å². The second kappa shape index (κ2) is 8.45. The molecule has 0 bridgehead atoms. The van der Waals surface area contributed by atoms with Crippen LogP contribution in [0.15, 0.2) is 84.9 Å². The van der Waals surface area contributed by atoms with E-state index in [0.29, 0.717) is 6.04 Å². The molecule has 4 aromatic carbocycles. The lowest BCUT2D eigenvalue weighted by atomic mass is 9.74. The molecule has 1 aliphatic rings. The van der Waals surface area contributed by atoms with Crippen LogP contribution in [0.3, 0.4) is 0 Å². The molecule has 0 heterocycles. The fourth-order valence-electron chi connectivity index (χ4n) is 5.40. The van der Waals surface area contributed by atoms with Gasteiger partial charge in [-0.05, 0) is 90.6 Å². The maximum absolute atomic E-state index is 3.85. The highest BCUT2D eigenvalue weighted by molar-refractivity contribution is 5.98. The standard InChI is InChI=1S/C29H32N2/c1-31(2)29(27-10-4-3-5-11-27)16-14-28(15-17-29)30-21-22-12-13-25-19-23-8-6-7-9-24(23)20-26(25)18-22/h3-13,18-20,28,30H,14-17,21H2,1-2H3. The van der Waals surface area contributed by atoms with E-state index in [1.54, 1.807) is 0 Å². The molecular weight excluding hydrogens is 376 g/mol. The molecule has 158 valence electrons. The molecule has 1 saturated carbocycles. The molecule has 5 rings (SSSR count). The highest BCUT2D eigenvalue weighted by Crippen LogP contribution is 2.41. The van der Waals surface area contributed by atoms with E-state index >= 15 is 0 Å². The molecular formula is C29H32N2. The Morgan fingerprint density at radius 1 is 0.742 bits per heavy atom. The Hall–Kier alpha value is -2.68. The van der Waals surface area contributed by atoms with Crippen molar-refractivity contribution < 1.29 is 0 Å². The first kappa shape index (κ1) is 20.2. The quantitative estimate of drug-likeness (QED) is 0.380. The Balaban J connectivity index is 1.26. The van der Waals surface area contributed by atoms with Crippen molar-refractivity contribution in [3.8, 4) is 0 Å². The van der Waals surface area contributed by atoms with Crippen LogP contribution in [-0.4, -0.2) is 25.0 Å². The van der Waals surface area contributed by atoms with Crippen molar-refractivity contribution in [3.63, 3.8) is 0 Å². The zero-order valence-electron chi connectivity index (χ0n) is 18.6. The Labute approximate surface area is 185 Å². The number of hydrogen-bond donors (Lipinski definition) is 1. The van der Waals surface area contributed by atoms with Crippen LogP contribution in [0, 0.1) is 0 Å². The van der Waals surface area contributed by atoms with Crippen molar-refractivity contribution in [2.45, 2.75) is 43.8 Å². The summed E-state index contributed by atoms with van der Waals surface area (Å²) in [6, 6.07) is 31.8. The van der Waals surface area contributed by atoms with Crippen LogP contribution in [0.2, 0.25) is 0 Å². The van der Waals surface area contributed by atoms with Crippen LogP contribution in [-0.2, 0) is 12.1 Å². The molecule has 0 atom stereocenters. The lowest BCUT2D eigenvalue weighted by Crippen LogP contribution is -2.47. The van der Waals surface area contributed by atoms with Gasteiger partial charge in [0.25, 0.3) is 0 Å². The summed E-state index contributed by atoms with van der Waals surface area (Å²) in [6.07, 6.45) is 4.83. The van der Waals surface area contributed by atoms with Crippen molar-refractivity contribution in [2.75, 3.05) is 14.1 Å². The number of hydrogen-bond acceptors (Lipinski definition) is 2. The summed E-state index contributed by atoms with van der Waals surface area (Å²) in [7, 11) is 4.47. The predicted octanol–water partition coefficient (Wildman–Crippen LogP) is 6.48. The van der Waals surface area contributed by atoms with Gasteiger partial charge in [-0.15, -0.1) is 0 Å².